The quantitative estimate of drug-likeness (QED) is 0.772. The first kappa shape index (κ1) is 19.0. The Morgan fingerprint density at radius 2 is 1.92 bits per heavy atom. The van der Waals surface area contributed by atoms with Crippen molar-refractivity contribution in [1.82, 2.24) is 14.6 Å². The molecule has 134 valence electrons. The maximum absolute atomic E-state index is 12.9. The molecule has 0 atom stereocenters. The largest absolute Gasteiger partial charge is 0.352 e. The van der Waals surface area contributed by atoms with Crippen LogP contribution in [0.2, 0.25) is 0 Å². The number of aromatic nitrogens is 1. The lowest BCUT2D eigenvalue weighted by Crippen LogP contribution is -2.34. The molecule has 0 unspecified atom stereocenters. The second-order valence-corrected chi connectivity index (χ2v) is 7.59. The summed E-state index contributed by atoms with van der Waals surface area (Å²) < 4.78 is 38.0. The molecule has 1 aromatic heterocycles. The van der Waals surface area contributed by atoms with Crippen LogP contribution in [-0.4, -0.2) is 36.4 Å². The van der Waals surface area contributed by atoms with Gasteiger partial charge in [0.05, 0.1) is 6.26 Å². The molecule has 1 N–H and O–H groups in total. The van der Waals surface area contributed by atoms with E-state index in [1.807, 2.05) is 6.07 Å². The van der Waals surface area contributed by atoms with Gasteiger partial charge in [-0.05, 0) is 29.3 Å². The van der Waals surface area contributed by atoms with E-state index >= 15 is 0 Å². The standard InChI is InChI=1S/C17H20FN3O3S/c1-25(23,24)21(13-14-4-6-16(18)7-5-14)10-8-17(22)20-12-15-3-2-9-19-11-15/h2-7,9,11H,8,10,12-13H2,1H3,(H,20,22). The molecular formula is C17H20FN3O3S. The molecule has 8 heteroatoms. The van der Waals surface area contributed by atoms with Crippen molar-refractivity contribution >= 4 is 15.9 Å². The number of halogens is 1. The molecule has 25 heavy (non-hydrogen) atoms. The van der Waals surface area contributed by atoms with E-state index in [1.54, 1.807) is 18.5 Å². The maximum atomic E-state index is 12.9. The second kappa shape index (κ2) is 8.68. The Hall–Kier alpha value is -2.32. The average molecular weight is 365 g/mol. The van der Waals surface area contributed by atoms with E-state index < -0.39 is 10.0 Å². The maximum Gasteiger partial charge on any atom is 0.221 e. The first-order valence-corrected chi connectivity index (χ1v) is 9.54. The van der Waals surface area contributed by atoms with Gasteiger partial charge in [-0.3, -0.25) is 9.78 Å². The molecule has 1 heterocycles. The van der Waals surface area contributed by atoms with Gasteiger partial charge in [0.1, 0.15) is 5.82 Å². The van der Waals surface area contributed by atoms with Gasteiger partial charge >= 0.3 is 0 Å². The van der Waals surface area contributed by atoms with Crippen LogP contribution in [0.3, 0.4) is 0 Å². The van der Waals surface area contributed by atoms with Crippen LogP contribution in [-0.2, 0) is 27.9 Å². The zero-order valence-electron chi connectivity index (χ0n) is 13.9. The summed E-state index contributed by atoms with van der Waals surface area (Å²) in [6, 6.07) is 9.21. The molecule has 0 aliphatic carbocycles. The Kier molecular flexibility index (Phi) is 6.60. The summed E-state index contributed by atoms with van der Waals surface area (Å²) >= 11 is 0. The van der Waals surface area contributed by atoms with Gasteiger partial charge in [0.25, 0.3) is 0 Å². The third kappa shape index (κ3) is 6.60. The number of pyridine rings is 1. The van der Waals surface area contributed by atoms with Gasteiger partial charge in [-0.2, -0.15) is 4.31 Å². The van der Waals surface area contributed by atoms with Crippen molar-refractivity contribution in [3.05, 3.63) is 65.7 Å². The lowest BCUT2D eigenvalue weighted by molar-refractivity contribution is -0.121. The van der Waals surface area contributed by atoms with Crippen molar-refractivity contribution in [2.24, 2.45) is 0 Å². The zero-order chi connectivity index (χ0) is 18.3. The molecule has 0 bridgehead atoms. The van der Waals surface area contributed by atoms with Crippen LogP contribution >= 0.6 is 0 Å². The van der Waals surface area contributed by atoms with Gasteiger partial charge < -0.3 is 5.32 Å². The van der Waals surface area contributed by atoms with Gasteiger partial charge in [-0.25, -0.2) is 12.8 Å². The molecule has 0 fully saturated rings. The van der Waals surface area contributed by atoms with Gasteiger partial charge in [-0.15, -0.1) is 0 Å². The highest BCUT2D eigenvalue weighted by atomic mass is 32.2. The number of sulfonamides is 1. The second-order valence-electron chi connectivity index (χ2n) is 5.61. The fourth-order valence-corrected chi connectivity index (χ4v) is 2.98. The fraction of sp³-hybridized carbons (Fsp3) is 0.294. The van der Waals surface area contributed by atoms with Crippen molar-refractivity contribution < 1.29 is 17.6 Å². The molecule has 6 nitrogen and oxygen atoms in total. The first-order chi connectivity index (χ1) is 11.8. The summed E-state index contributed by atoms with van der Waals surface area (Å²) in [5.41, 5.74) is 1.52. The van der Waals surface area contributed by atoms with E-state index in [4.69, 9.17) is 0 Å². The van der Waals surface area contributed by atoms with E-state index in [0.717, 1.165) is 11.8 Å². The zero-order valence-corrected chi connectivity index (χ0v) is 14.7. The number of hydrogen-bond acceptors (Lipinski definition) is 4. The van der Waals surface area contributed by atoms with Gasteiger partial charge in [0.15, 0.2) is 0 Å². The van der Waals surface area contributed by atoms with Crippen LogP contribution < -0.4 is 5.32 Å². The summed E-state index contributed by atoms with van der Waals surface area (Å²) in [4.78, 5) is 15.9. The molecule has 0 saturated carbocycles. The van der Waals surface area contributed by atoms with Crippen LogP contribution in [0.25, 0.3) is 0 Å². The van der Waals surface area contributed by atoms with Crippen LogP contribution in [0.4, 0.5) is 4.39 Å². The highest BCUT2D eigenvalue weighted by molar-refractivity contribution is 7.88. The number of carbonyl (C=O) groups is 1. The predicted octanol–water partition coefficient (Wildman–Crippen LogP) is 1.69. The number of rotatable bonds is 8. The smallest absolute Gasteiger partial charge is 0.221 e. The summed E-state index contributed by atoms with van der Waals surface area (Å²) in [6.45, 7) is 0.480. The Balaban J connectivity index is 1.89. The number of amides is 1. The number of nitrogens with one attached hydrogen (secondary N) is 1. The molecule has 1 amide bonds. The summed E-state index contributed by atoms with van der Waals surface area (Å²) in [5.74, 6) is -0.638. The minimum absolute atomic E-state index is 0.0362. The Morgan fingerprint density at radius 1 is 1.20 bits per heavy atom. The van der Waals surface area contributed by atoms with Gasteiger partial charge in [0, 0.05) is 38.4 Å². The highest BCUT2D eigenvalue weighted by Crippen LogP contribution is 2.10. The summed E-state index contributed by atoms with van der Waals surface area (Å²) in [7, 11) is -3.49. The average Bonchev–Trinajstić information content (AvgIpc) is 2.58. The number of nitrogens with zero attached hydrogens (tertiary/aromatic N) is 2. The predicted molar refractivity (Wildman–Crippen MR) is 92.4 cm³/mol. The van der Waals surface area contributed by atoms with Gasteiger partial charge in [0.2, 0.25) is 15.9 Å². The van der Waals surface area contributed by atoms with Crippen molar-refractivity contribution in [3.8, 4) is 0 Å². The summed E-state index contributed by atoms with van der Waals surface area (Å²) in [6.07, 6.45) is 4.42. The molecule has 2 aromatic rings. The molecule has 0 aliphatic heterocycles. The number of benzene rings is 1. The molecular weight excluding hydrogens is 345 g/mol. The Bertz CT molecular complexity index is 796. The minimum Gasteiger partial charge on any atom is -0.352 e. The molecule has 0 spiro atoms. The normalized spacial score (nSPS) is 11.5. The van der Waals surface area contributed by atoms with E-state index in [1.165, 1.54) is 28.6 Å². The van der Waals surface area contributed by atoms with Crippen LogP contribution in [0.5, 0.6) is 0 Å². The van der Waals surface area contributed by atoms with E-state index in [9.17, 15) is 17.6 Å². The molecule has 0 saturated heterocycles. The molecule has 0 aliphatic rings. The van der Waals surface area contributed by atoms with E-state index in [2.05, 4.69) is 10.3 Å². The molecule has 0 radical (unpaired) electrons. The van der Waals surface area contributed by atoms with Crippen LogP contribution in [0, 0.1) is 5.82 Å². The third-order valence-corrected chi connectivity index (χ3v) is 4.79. The van der Waals surface area contributed by atoms with Crippen molar-refractivity contribution in [2.75, 3.05) is 12.8 Å². The van der Waals surface area contributed by atoms with Crippen molar-refractivity contribution in [2.45, 2.75) is 19.5 Å². The fourth-order valence-electron chi connectivity index (χ4n) is 2.17. The number of carbonyl (C=O) groups excluding carboxylic acids is 1. The van der Waals surface area contributed by atoms with E-state index in [-0.39, 0.29) is 31.2 Å². The molecule has 1 aromatic carbocycles. The first-order valence-electron chi connectivity index (χ1n) is 7.70. The van der Waals surface area contributed by atoms with Crippen LogP contribution in [0.1, 0.15) is 17.5 Å². The Morgan fingerprint density at radius 3 is 2.52 bits per heavy atom. The lowest BCUT2D eigenvalue weighted by Gasteiger charge is -2.19. The van der Waals surface area contributed by atoms with Crippen molar-refractivity contribution in [3.63, 3.8) is 0 Å². The van der Waals surface area contributed by atoms with Crippen LogP contribution in [0.15, 0.2) is 48.8 Å². The number of hydrogen-bond donors (Lipinski definition) is 1. The van der Waals surface area contributed by atoms with Gasteiger partial charge in [-0.1, -0.05) is 18.2 Å². The summed E-state index contributed by atoms with van der Waals surface area (Å²) in [5, 5.41) is 2.73. The monoisotopic (exact) mass is 365 g/mol. The molecule has 2 rings (SSSR count). The highest BCUT2D eigenvalue weighted by Gasteiger charge is 2.18. The Labute approximate surface area is 146 Å². The minimum atomic E-state index is -3.49. The topological polar surface area (TPSA) is 79.4 Å². The SMILES string of the molecule is CS(=O)(=O)N(CCC(=O)NCc1cccnc1)Cc1ccc(F)cc1. The van der Waals surface area contributed by atoms with Crippen molar-refractivity contribution in [1.29, 1.82) is 0 Å². The van der Waals surface area contributed by atoms with E-state index in [0.29, 0.717) is 12.1 Å². The third-order valence-electron chi connectivity index (χ3n) is 3.54. The lowest BCUT2D eigenvalue weighted by atomic mass is 10.2.